The highest BCUT2D eigenvalue weighted by Crippen LogP contribution is 2.50. The van der Waals surface area contributed by atoms with Gasteiger partial charge in [0.1, 0.15) is 17.7 Å². The lowest BCUT2D eigenvalue weighted by Gasteiger charge is -2.24. The van der Waals surface area contributed by atoms with Crippen molar-refractivity contribution in [2.24, 2.45) is 0 Å². The molecular weight excluding hydrogens is 594 g/mol. The third-order valence-electron chi connectivity index (χ3n) is 8.91. The molecule has 1 amide bonds. The Hall–Kier alpha value is -4.57. The molecule has 0 bridgehead atoms. The normalized spacial score (nSPS) is 11.4. The number of nitro benzene ring substituents is 2. The quantitative estimate of drug-likeness (QED) is 0.0485. The molecule has 0 aromatic heterocycles. The van der Waals surface area contributed by atoms with Crippen LogP contribution >= 0.6 is 0 Å². The summed E-state index contributed by atoms with van der Waals surface area (Å²) in [6.45, 7) is 5.42. The molecule has 0 N–H and O–H groups in total. The van der Waals surface area contributed by atoms with E-state index in [1.807, 2.05) is 12.1 Å². The molecule has 1 aliphatic carbocycles. The van der Waals surface area contributed by atoms with Gasteiger partial charge >= 0.3 is 0 Å². The minimum Gasteiger partial charge on any atom is -0.339 e. The number of non-ortho nitro benzene ring substituents is 2. The fraction of sp³-hybridized carbons (Fsp3) is 0.541. The van der Waals surface area contributed by atoms with E-state index in [0.29, 0.717) is 24.2 Å². The number of hydrogen-bond donors (Lipinski definition) is 0. The molecule has 0 fully saturated rings. The van der Waals surface area contributed by atoms with Crippen LogP contribution in [-0.2, 0) is 0 Å². The second-order valence-electron chi connectivity index (χ2n) is 12.4. The minimum atomic E-state index is -0.597. The van der Waals surface area contributed by atoms with Crippen molar-refractivity contribution in [3.8, 4) is 23.3 Å². The van der Waals surface area contributed by atoms with Gasteiger partial charge in [0, 0.05) is 48.5 Å². The monoisotopic (exact) mass is 641 g/mol. The maximum atomic E-state index is 14.4. The number of benzene rings is 2. The molecule has 0 heterocycles. The van der Waals surface area contributed by atoms with E-state index in [1.165, 1.54) is 81.7 Å². The average molecular weight is 642 g/mol. The molecule has 10 heteroatoms. The number of carbonyl (C=O) groups excluding carboxylic acids is 1. The van der Waals surface area contributed by atoms with Crippen LogP contribution in [0.5, 0.6) is 0 Å². The van der Waals surface area contributed by atoms with Crippen molar-refractivity contribution in [2.75, 3.05) is 13.1 Å². The highest BCUT2D eigenvalue weighted by atomic mass is 16.6. The Balaban J connectivity index is 1.97. The second kappa shape index (κ2) is 19.2. The predicted molar refractivity (Wildman–Crippen MR) is 184 cm³/mol. The summed E-state index contributed by atoms with van der Waals surface area (Å²) in [5, 5.41) is 43.3. The Morgan fingerprint density at radius 3 is 1.60 bits per heavy atom. The van der Waals surface area contributed by atoms with E-state index in [-0.39, 0.29) is 45.1 Å². The van der Waals surface area contributed by atoms with Gasteiger partial charge in [-0.2, -0.15) is 10.5 Å². The molecule has 0 saturated carbocycles. The Labute approximate surface area is 278 Å². The van der Waals surface area contributed by atoms with E-state index in [2.05, 4.69) is 13.8 Å². The SMILES string of the molecule is CCCCCCCCCCN(CCCCCCCCCC)C(=O)c1cc([N+](=O)[O-])cc2c1-c1ccc([N+](=O)[O-])cc1C2=C(C#N)C#N. The van der Waals surface area contributed by atoms with E-state index in [4.69, 9.17) is 0 Å². The number of allylic oxidation sites excluding steroid dienone is 1. The van der Waals surface area contributed by atoms with Gasteiger partial charge in [-0.1, -0.05) is 104 Å². The van der Waals surface area contributed by atoms with Crippen molar-refractivity contribution in [2.45, 2.75) is 117 Å². The van der Waals surface area contributed by atoms with E-state index in [0.717, 1.165) is 51.4 Å². The molecule has 1 aliphatic rings. The molecule has 0 atom stereocenters. The maximum Gasteiger partial charge on any atom is 0.270 e. The number of rotatable bonds is 21. The number of nitro groups is 2. The Morgan fingerprint density at radius 2 is 1.13 bits per heavy atom. The number of nitrogens with zero attached hydrogens (tertiary/aromatic N) is 5. The Kier molecular flexibility index (Phi) is 15.1. The van der Waals surface area contributed by atoms with Crippen molar-refractivity contribution in [3.63, 3.8) is 0 Å². The van der Waals surface area contributed by atoms with Gasteiger partial charge in [0.25, 0.3) is 17.3 Å². The van der Waals surface area contributed by atoms with Crippen LogP contribution < -0.4 is 0 Å². The van der Waals surface area contributed by atoms with E-state index >= 15 is 0 Å². The molecule has 2 aromatic carbocycles. The third kappa shape index (κ3) is 9.96. The van der Waals surface area contributed by atoms with Crippen LogP contribution in [0.15, 0.2) is 35.9 Å². The number of amides is 1. The highest BCUT2D eigenvalue weighted by molar-refractivity contribution is 6.12. The molecule has 10 nitrogen and oxygen atoms in total. The summed E-state index contributed by atoms with van der Waals surface area (Å²) in [7, 11) is 0. The maximum absolute atomic E-state index is 14.4. The molecule has 2 aromatic rings. The van der Waals surface area contributed by atoms with Gasteiger partial charge in [0.15, 0.2) is 0 Å². The zero-order chi connectivity index (χ0) is 34.2. The highest BCUT2D eigenvalue weighted by Gasteiger charge is 2.35. The molecule has 3 rings (SSSR count). The lowest BCUT2D eigenvalue weighted by atomic mass is 9.95. The molecule has 0 saturated heterocycles. The van der Waals surface area contributed by atoms with Crippen molar-refractivity contribution in [1.29, 1.82) is 10.5 Å². The first-order valence-corrected chi connectivity index (χ1v) is 17.2. The van der Waals surface area contributed by atoms with E-state index in [1.54, 1.807) is 4.90 Å². The summed E-state index contributed by atoms with van der Waals surface area (Å²) in [5.74, 6) is -0.350. The van der Waals surface area contributed by atoms with Crippen molar-refractivity contribution in [3.05, 3.63) is 72.8 Å². The Bertz CT molecular complexity index is 1500. The van der Waals surface area contributed by atoms with E-state index in [9.17, 15) is 35.5 Å². The second-order valence-corrected chi connectivity index (χ2v) is 12.4. The van der Waals surface area contributed by atoms with Crippen LogP contribution in [0, 0.1) is 42.9 Å². The van der Waals surface area contributed by atoms with E-state index < -0.39 is 9.85 Å². The van der Waals surface area contributed by atoms with Crippen LogP contribution in [0.1, 0.15) is 138 Å². The average Bonchev–Trinajstić information content (AvgIpc) is 3.39. The molecular formula is C37H47N5O5. The minimum absolute atomic E-state index is 0.0687. The van der Waals surface area contributed by atoms with Crippen molar-refractivity contribution in [1.82, 2.24) is 4.90 Å². The Morgan fingerprint density at radius 1 is 0.660 bits per heavy atom. The van der Waals surface area contributed by atoms with Gasteiger partial charge in [-0.05, 0) is 35.6 Å². The van der Waals surface area contributed by atoms with Gasteiger partial charge in [-0.3, -0.25) is 25.0 Å². The first-order chi connectivity index (χ1) is 22.8. The molecule has 47 heavy (non-hydrogen) atoms. The van der Waals surface area contributed by atoms with Crippen LogP contribution in [0.3, 0.4) is 0 Å². The van der Waals surface area contributed by atoms with Gasteiger partial charge < -0.3 is 4.90 Å². The number of hydrogen-bond acceptors (Lipinski definition) is 7. The fourth-order valence-corrected chi connectivity index (χ4v) is 6.37. The molecule has 0 aliphatic heterocycles. The fourth-order valence-electron chi connectivity index (χ4n) is 6.37. The van der Waals surface area contributed by atoms with Crippen molar-refractivity contribution < 1.29 is 14.6 Å². The number of unbranched alkanes of at least 4 members (excludes halogenated alkanes) is 14. The molecule has 250 valence electrons. The van der Waals surface area contributed by atoms with Crippen molar-refractivity contribution >= 4 is 22.9 Å². The van der Waals surface area contributed by atoms with Crippen LogP contribution in [0.2, 0.25) is 0 Å². The molecule has 0 spiro atoms. The summed E-state index contributed by atoms with van der Waals surface area (Å²) in [5.41, 5.74) is 0.460. The zero-order valence-electron chi connectivity index (χ0n) is 27.9. The topological polar surface area (TPSA) is 154 Å². The number of carbonyl (C=O) groups is 1. The smallest absolute Gasteiger partial charge is 0.270 e. The van der Waals surface area contributed by atoms with Gasteiger partial charge in [-0.15, -0.1) is 0 Å². The number of nitriles is 2. The first-order valence-electron chi connectivity index (χ1n) is 17.2. The number of fused-ring (bicyclic) bond motifs is 3. The zero-order valence-corrected chi connectivity index (χ0v) is 27.9. The summed E-state index contributed by atoms with van der Waals surface area (Å²) in [6.07, 6.45) is 17.8. The summed E-state index contributed by atoms with van der Waals surface area (Å²) in [6, 6.07) is 10.3. The van der Waals surface area contributed by atoms with Crippen LogP contribution in [0.4, 0.5) is 11.4 Å². The molecule has 0 unspecified atom stereocenters. The van der Waals surface area contributed by atoms with Crippen LogP contribution in [-0.4, -0.2) is 33.7 Å². The largest absolute Gasteiger partial charge is 0.339 e. The van der Waals surface area contributed by atoms with Gasteiger partial charge in [0.2, 0.25) is 0 Å². The summed E-state index contributed by atoms with van der Waals surface area (Å²) in [4.78, 5) is 38.7. The molecule has 0 radical (unpaired) electrons. The summed E-state index contributed by atoms with van der Waals surface area (Å²) < 4.78 is 0. The lowest BCUT2D eigenvalue weighted by molar-refractivity contribution is -0.385. The van der Waals surface area contributed by atoms with Crippen LogP contribution in [0.25, 0.3) is 16.7 Å². The standard InChI is InChI=1S/C37H47N5O5/c1-3-5-7-9-11-13-15-17-21-40(22-18-16-14-12-10-8-6-4-2)37(43)34-25-30(42(46)47)24-33-35(28(26-38)27-39)32-23-29(41(44)45)19-20-31(32)36(33)34/h19-20,23-25H,3-18,21-22H2,1-2H3. The lowest BCUT2D eigenvalue weighted by Crippen LogP contribution is -2.33. The third-order valence-corrected chi connectivity index (χ3v) is 8.91. The first kappa shape index (κ1) is 36.9. The van der Waals surface area contributed by atoms with Gasteiger partial charge in [-0.25, -0.2) is 0 Å². The summed E-state index contributed by atoms with van der Waals surface area (Å²) >= 11 is 0. The predicted octanol–water partition coefficient (Wildman–Crippen LogP) is 10.1. The van der Waals surface area contributed by atoms with Gasteiger partial charge in [0.05, 0.1) is 15.4 Å².